The Morgan fingerprint density at radius 3 is 2.24 bits per heavy atom. The number of rotatable bonds is 6. The first-order valence-electron chi connectivity index (χ1n) is 12.4. The molecular weight excluding hydrogens is 410 g/mol. The number of urea groups is 1. The third kappa shape index (κ3) is 3.67. The van der Waals surface area contributed by atoms with Gasteiger partial charge in [0.05, 0.1) is 17.8 Å². The summed E-state index contributed by atoms with van der Waals surface area (Å²) in [5.74, 6) is 0.613. The number of hydrogen-bond acceptors (Lipinski definition) is 3. The van der Waals surface area contributed by atoms with E-state index in [-0.39, 0.29) is 17.1 Å². The quantitative estimate of drug-likeness (QED) is 0.566. The standard InChI is InChI=1S/C28H35N3O2/c1-29(2)28(24-12-4-3-5-13-24)17-15-27(16-18-28)21-30(25-14-7-6-11-23(25)20-32)26(33)31(27)19-22-9-8-10-22/h3-7,11-14,20,22H,8-10,15-19,21H2,1-2H3/t27-,28+. The Balaban J connectivity index is 1.47. The maximum absolute atomic E-state index is 13.8. The first-order chi connectivity index (χ1) is 16.0. The molecule has 1 saturated heterocycles. The Morgan fingerprint density at radius 1 is 0.970 bits per heavy atom. The first kappa shape index (κ1) is 22.1. The van der Waals surface area contributed by atoms with E-state index >= 15 is 0 Å². The molecule has 174 valence electrons. The van der Waals surface area contributed by atoms with Gasteiger partial charge >= 0.3 is 6.03 Å². The van der Waals surface area contributed by atoms with Crippen molar-refractivity contribution < 1.29 is 9.59 Å². The van der Waals surface area contributed by atoms with Crippen molar-refractivity contribution in [3.8, 4) is 0 Å². The average molecular weight is 446 g/mol. The molecule has 5 rings (SSSR count). The molecule has 0 radical (unpaired) electrons. The molecule has 3 fully saturated rings. The van der Waals surface area contributed by atoms with Crippen LogP contribution in [0.1, 0.15) is 60.9 Å². The van der Waals surface area contributed by atoms with Gasteiger partial charge in [0.1, 0.15) is 0 Å². The molecule has 5 heteroatoms. The number of benzene rings is 2. The summed E-state index contributed by atoms with van der Waals surface area (Å²) < 4.78 is 0. The summed E-state index contributed by atoms with van der Waals surface area (Å²) >= 11 is 0. The van der Waals surface area contributed by atoms with Crippen molar-refractivity contribution in [2.24, 2.45) is 5.92 Å². The molecule has 2 aromatic carbocycles. The smallest absolute Gasteiger partial charge is 0.317 e. The summed E-state index contributed by atoms with van der Waals surface area (Å²) in [6.45, 7) is 1.51. The highest BCUT2D eigenvalue weighted by Crippen LogP contribution is 2.50. The largest absolute Gasteiger partial charge is 0.325 e. The van der Waals surface area contributed by atoms with Gasteiger partial charge in [-0.2, -0.15) is 0 Å². The monoisotopic (exact) mass is 445 g/mol. The number of hydrogen-bond donors (Lipinski definition) is 0. The number of para-hydroxylation sites is 1. The van der Waals surface area contributed by atoms with Gasteiger partial charge in [-0.3, -0.25) is 14.6 Å². The van der Waals surface area contributed by atoms with Gasteiger partial charge in [0.15, 0.2) is 6.29 Å². The highest BCUT2D eigenvalue weighted by Gasteiger charge is 2.55. The lowest BCUT2D eigenvalue weighted by Gasteiger charge is -2.51. The van der Waals surface area contributed by atoms with Gasteiger partial charge in [-0.05, 0) is 76.2 Å². The van der Waals surface area contributed by atoms with Crippen LogP contribution in [-0.2, 0) is 5.54 Å². The molecule has 2 aliphatic carbocycles. The van der Waals surface area contributed by atoms with Crippen LogP contribution in [0.2, 0.25) is 0 Å². The molecule has 0 N–H and O–H groups in total. The predicted molar refractivity (Wildman–Crippen MR) is 132 cm³/mol. The molecule has 0 aromatic heterocycles. The van der Waals surface area contributed by atoms with Crippen LogP contribution in [0.3, 0.4) is 0 Å². The van der Waals surface area contributed by atoms with Gasteiger partial charge in [0, 0.05) is 17.6 Å². The van der Waals surface area contributed by atoms with E-state index < -0.39 is 0 Å². The maximum Gasteiger partial charge on any atom is 0.325 e. The van der Waals surface area contributed by atoms with Crippen molar-refractivity contribution in [1.29, 1.82) is 0 Å². The number of nitrogens with zero attached hydrogens (tertiary/aromatic N) is 3. The average Bonchev–Trinajstić information content (AvgIpc) is 3.08. The van der Waals surface area contributed by atoms with Crippen LogP contribution in [0.25, 0.3) is 0 Å². The topological polar surface area (TPSA) is 43.9 Å². The summed E-state index contributed by atoms with van der Waals surface area (Å²) in [5.41, 5.74) is 2.53. The fourth-order valence-corrected chi connectivity index (χ4v) is 6.32. The van der Waals surface area contributed by atoms with E-state index in [1.807, 2.05) is 29.2 Å². The molecule has 3 aliphatic rings. The van der Waals surface area contributed by atoms with Gasteiger partial charge in [-0.1, -0.05) is 48.9 Å². The molecule has 1 spiro atoms. The Bertz CT molecular complexity index is 1010. The minimum absolute atomic E-state index is 0.00811. The summed E-state index contributed by atoms with van der Waals surface area (Å²) in [5, 5.41) is 0. The second-order valence-electron chi connectivity index (χ2n) is 10.5. The fraction of sp³-hybridized carbons (Fsp3) is 0.500. The summed E-state index contributed by atoms with van der Waals surface area (Å²) in [4.78, 5) is 32.0. The van der Waals surface area contributed by atoms with Crippen molar-refractivity contribution >= 4 is 18.0 Å². The van der Waals surface area contributed by atoms with Crippen LogP contribution in [-0.4, -0.2) is 54.8 Å². The van der Waals surface area contributed by atoms with E-state index in [1.165, 1.54) is 24.8 Å². The lowest BCUT2D eigenvalue weighted by atomic mass is 9.68. The number of amides is 2. The second kappa shape index (κ2) is 8.60. The molecule has 5 nitrogen and oxygen atoms in total. The minimum atomic E-state index is -0.170. The third-order valence-electron chi connectivity index (χ3n) is 8.68. The zero-order valence-electron chi connectivity index (χ0n) is 19.9. The molecular formula is C28H35N3O2. The first-order valence-corrected chi connectivity index (χ1v) is 12.4. The van der Waals surface area contributed by atoms with E-state index in [2.05, 4.69) is 54.2 Å². The Kier molecular flexibility index (Phi) is 5.77. The van der Waals surface area contributed by atoms with Gasteiger partial charge in [-0.15, -0.1) is 0 Å². The maximum atomic E-state index is 13.8. The lowest BCUT2D eigenvalue weighted by molar-refractivity contribution is 0.0172. The zero-order chi connectivity index (χ0) is 23.1. The van der Waals surface area contributed by atoms with Crippen LogP contribution in [0, 0.1) is 5.92 Å². The van der Waals surface area contributed by atoms with Crippen molar-refractivity contribution in [1.82, 2.24) is 9.80 Å². The number of aldehydes is 1. The molecule has 1 heterocycles. The number of carbonyl (C=O) groups excluding carboxylic acids is 2. The van der Waals surface area contributed by atoms with Crippen LogP contribution < -0.4 is 4.90 Å². The SMILES string of the molecule is CN(C)[C@]1(c2ccccc2)CC[C@]2(CC1)CN(c1ccccc1C=O)C(=O)N2CC1CCC1. The minimum Gasteiger partial charge on any atom is -0.317 e. The molecule has 2 aromatic rings. The van der Waals surface area contributed by atoms with E-state index in [4.69, 9.17) is 0 Å². The van der Waals surface area contributed by atoms with E-state index in [9.17, 15) is 9.59 Å². The van der Waals surface area contributed by atoms with Gasteiger partial charge in [0.2, 0.25) is 0 Å². The van der Waals surface area contributed by atoms with Crippen molar-refractivity contribution in [3.05, 3.63) is 65.7 Å². The van der Waals surface area contributed by atoms with Crippen molar-refractivity contribution in [3.63, 3.8) is 0 Å². The molecule has 2 saturated carbocycles. The highest BCUT2D eigenvalue weighted by molar-refractivity contribution is 6.00. The van der Waals surface area contributed by atoms with Crippen LogP contribution in [0.15, 0.2) is 54.6 Å². The third-order valence-corrected chi connectivity index (χ3v) is 8.68. The van der Waals surface area contributed by atoms with E-state index in [0.717, 1.165) is 44.2 Å². The van der Waals surface area contributed by atoms with Crippen molar-refractivity contribution in [2.45, 2.75) is 56.0 Å². The molecule has 2 amide bonds. The van der Waals surface area contributed by atoms with Crippen LogP contribution in [0.4, 0.5) is 10.5 Å². The van der Waals surface area contributed by atoms with Crippen LogP contribution in [0.5, 0.6) is 0 Å². The molecule has 0 bridgehead atoms. The van der Waals surface area contributed by atoms with Crippen molar-refractivity contribution in [2.75, 3.05) is 32.1 Å². The Labute approximate surface area is 197 Å². The Morgan fingerprint density at radius 2 is 1.64 bits per heavy atom. The zero-order valence-corrected chi connectivity index (χ0v) is 19.9. The van der Waals surface area contributed by atoms with Gasteiger partial charge in [-0.25, -0.2) is 4.79 Å². The lowest BCUT2D eigenvalue weighted by Crippen LogP contribution is -2.56. The number of carbonyl (C=O) groups is 2. The Hall–Kier alpha value is -2.66. The second-order valence-corrected chi connectivity index (χ2v) is 10.5. The highest BCUT2D eigenvalue weighted by atomic mass is 16.2. The van der Waals surface area contributed by atoms with Gasteiger partial charge < -0.3 is 4.90 Å². The molecule has 1 aliphatic heterocycles. The fourth-order valence-electron chi connectivity index (χ4n) is 6.32. The van der Waals surface area contributed by atoms with Crippen LogP contribution >= 0.6 is 0 Å². The predicted octanol–water partition coefficient (Wildman–Crippen LogP) is 5.31. The molecule has 33 heavy (non-hydrogen) atoms. The summed E-state index contributed by atoms with van der Waals surface area (Å²) in [7, 11) is 4.37. The normalized spacial score (nSPS) is 27.9. The van der Waals surface area contributed by atoms with Gasteiger partial charge in [0.25, 0.3) is 0 Å². The molecule has 0 unspecified atom stereocenters. The van der Waals surface area contributed by atoms with E-state index in [0.29, 0.717) is 18.0 Å². The summed E-state index contributed by atoms with van der Waals surface area (Å²) in [6, 6.07) is 18.4. The summed E-state index contributed by atoms with van der Waals surface area (Å²) in [6.07, 6.45) is 8.55. The molecule has 0 atom stereocenters. The number of anilines is 1. The van der Waals surface area contributed by atoms with E-state index in [1.54, 1.807) is 0 Å².